The van der Waals surface area contributed by atoms with Gasteiger partial charge >= 0.3 is 0 Å². The second-order valence-electron chi connectivity index (χ2n) is 6.08. The molecule has 20 heavy (non-hydrogen) atoms. The Morgan fingerprint density at radius 3 is 2.00 bits per heavy atom. The first-order valence-electron chi connectivity index (χ1n) is 7.79. The van der Waals surface area contributed by atoms with Gasteiger partial charge in [0.1, 0.15) is 0 Å². The van der Waals surface area contributed by atoms with Gasteiger partial charge in [0, 0.05) is 31.9 Å². The largest absolute Gasteiger partial charge is 0.369 e. The highest BCUT2D eigenvalue weighted by atomic mass is 15.3. The lowest BCUT2D eigenvalue weighted by atomic mass is 9.97. The molecule has 112 valence electrons. The summed E-state index contributed by atoms with van der Waals surface area (Å²) in [7, 11) is 0. The van der Waals surface area contributed by atoms with Crippen LogP contribution in [0.1, 0.15) is 28.7 Å². The lowest BCUT2D eigenvalue weighted by molar-refractivity contribution is 0.256. The van der Waals surface area contributed by atoms with E-state index in [0.29, 0.717) is 0 Å². The third-order valence-electron chi connectivity index (χ3n) is 4.69. The second-order valence-corrected chi connectivity index (χ2v) is 6.08. The van der Waals surface area contributed by atoms with Crippen LogP contribution in [0, 0.1) is 27.7 Å². The van der Waals surface area contributed by atoms with Gasteiger partial charge in [0.2, 0.25) is 0 Å². The number of rotatable bonds is 4. The van der Waals surface area contributed by atoms with Crippen molar-refractivity contribution in [3.05, 3.63) is 28.3 Å². The molecule has 1 aromatic carbocycles. The fourth-order valence-corrected chi connectivity index (χ4v) is 3.18. The molecule has 1 aliphatic heterocycles. The van der Waals surface area contributed by atoms with Gasteiger partial charge in [-0.25, -0.2) is 0 Å². The van der Waals surface area contributed by atoms with E-state index in [9.17, 15) is 0 Å². The van der Waals surface area contributed by atoms with Crippen molar-refractivity contribution in [2.75, 3.05) is 44.2 Å². The topological polar surface area (TPSA) is 32.5 Å². The molecule has 0 radical (unpaired) electrons. The summed E-state index contributed by atoms with van der Waals surface area (Å²) in [4.78, 5) is 5.11. The minimum atomic E-state index is 0.801. The molecule has 0 unspecified atom stereocenters. The van der Waals surface area contributed by atoms with E-state index in [1.54, 1.807) is 0 Å². The predicted octanol–water partition coefficient (Wildman–Crippen LogP) is 2.39. The van der Waals surface area contributed by atoms with E-state index < -0.39 is 0 Å². The summed E-state index contributed by atoms with van der Waals surface area (Å²) < 4.78 is 0. The van der Waals surface area contributed by atoms with Gasteiger partial charge in [0.25, 0.3) is 0 Å². The van der Waals surface area contributed by atoms with Gasteiger partial charge in [-0.2, -0.15) is 0 Å². The lowest BCUT2D eigenvalue weighted by Gasteiger charge is -2.38. The highest BCUT2D eigenvalue weighted by Gasteiger charge is 2.20. The van der Waals surface area contributed by atoms with Crippen LogP contribution in [0.25, 0.3) is 0 Å². The van der Waals surface area contributed by atoms with Crippen LogP contribution in [0.3, 0.4) is 0 Å². The standard InChI is InChI=1S/C17H29N3/c1-13-12-14(2)16(4)17(15(13)3)20-10-8-19(9-11-20)7-5-6-18/h12H,5-11,18H2,1-4H3. The van der Waals surface area contributed by atoms with E-state index in [2.05, 4.69) is 43.6 Å². The van der Waals surface area contributed by atoms with Gasteiger partial charge in [0.05, 0.1) is 0 Å². The van der Waals surface area contributed by atoms with E-state index in [0.717, 1.165) is 45.7 Å². The van der Waals surface area contributed by atoms with Crippen LogP contribution in [0.4, 0.5) is 5.69 Å². The molecular formula is C17H29N3. The molecule has 1 saturated heterocycles. The zero-order valence-electron chi connectivity index (χ0n) is 13.5. The molecule has 1 heterocycles. The molecular weight excluding hydrogens is 246 g/mol. The van der Waals surface area contributed by atoms with Gasteiger partial charge in [0.15, 0.2) is 0 Å². The van der Waals surface area contributed by atoms with Crippen LogP contribution in [0.2, 0.25) is 0 Å². The van der Waals surface area contributed by atoms with Crippen LogP contribution < -0.4 is 10.6 Å². The van der Waals surface area contributed by atoms with Gasteiger partial charge in [-0.3, -0.25) is 4.90 Å². The van der Waals surface area contributed by atoms with Gasteiger partial charge < -0.3 is 10.6 Å². The van der Waals surface area contributed by atoms with E-state index in [1.165, 1.54) is 27.9 Å². The first-order valence-corrected chi connectivity index (χ1v) is 7.79. The third-order valence-corrected chi connectivity index (χ3v) is 4.69. The van der Waals surface area contributed by atoms with Gasteiger partial charge in [-0.1, -0.05) is 6.07 Å². The predicted molar refractivity (Wildman–Crippen MR) is 87.7 cm³/mol. The molecule has 0 saturated carbocycles. The molecule has 0 bridgehead atoms. The molecule has 1 aromatic rings. The highest BCUT2D eigenvalue weighted by Crippen LogP contribution is 2.30. The fourth-order valence-electron chi connectivity index (χ4n) is 3.18. The normalized spacial score (nSPS) is 16.8. The van der Waals surface area contributed by atoms with Crippen molar-refractivity contribution in [1.29, 1.82) is 0 Å². The summed E-state index contributed by atoms with van der Waals surface area (Å²) >= 11 is 0. The van der Waals surface area contributed by atoms with Crippen LogP contribution in [0.5, 0.6) is 0 Å². The van der Waals surface area contributed by atoms with Crippen LogP contribution >= 0.6 is 0 Å². The number of nitrogens with two attached hydrogens (primary N) is 1. The van der Waals surface area contributed by atoms with Crippen molar-refractivity contribution in [2.24, 2.45) is 5.73 Å². The summed E-state index contributed by atoms with van der Waals surface area (Å²) in [6.07, 6.45) is 1.11. The van der Waals surface area contributed by atoms with E-state index in [1.807, 2.05) is 0 Å². The van der Waals surface area contributed by atoms with E-state index in [4.69, 9.17) is 5.73 Å². The molecule has 0 amide bonds. The maximum atomic E-state index is 5.60. The molecule has 0 spiro atoms. The Morgan fingerprint density at radius 2 is 1.50 bits per heavy atom. The highest BCUT2D eigenvalue weighted by molar-refractivity contribution is 5.64. The van der Waals surface area contributed by atoms with Gasteiger partial charge in [-0.15, -0.1) is 0 Å². The average Bonchev–Trinajstić information content (AvgIpc) is 2.44. The molecule has 0 atom stereocenters. The van der Waals surface area contributed by atoms with E-state index in [-0.39, 0.29) is 0 Å². The molecule has 3 heteroatoms. The molecule has 0 aromatic heterocycles. The zero-order valence-corrected chi connectivity index (χ0v) is 13.5. The first kappa shape index (κ1) is 15.3. The van der Waals surface area contributed by atoms with Crippen molar-refractivity contribution < 1.29 is 0 Å². The Bertz CT molecular complexity index is 434. The second kappa shape index (κ2) is 6.59. The maximum absolute atomic E-state index is 5.60. The molecule has 2 rings (SSSR count). The molecule has 3 nitrogen and oxygen atoms in total. The lowest BCUT2D eigenvalue weighted by Crippen LogP contribution is -2.47. The minimum Gasteiger partial charge on any atom is -0.369 e. The van der Waals surface area contributed by atoms with Gasteiger partial charge in [-0.05, 0) is 69.5 Å². The molecule has 1 fully saturated rings. The SMILES string of the molecule is Cc1cc(C)c(C)c(N2CCN(CCCN)CC2)c1C. The Labute approximate surface area is 123 Å². The third kappa shape index (κ3) is 3.15. The van der Waals surface area contributed by atoms with Crippen LogP contribution in [-0.2, 0) is 0 Å². The summed E-state index contributed by atoms with van der Waals surface area (Å²) in [5.41, 5.74) is 12.8. The first-order chi connectivity index (χ1) is 9.54. The van der Waals surface area contributed by atoms with Crippen molar-refractivity contribution in [2.45, 2.75) is 34.1 Å². The number of piperazine rings is 1. The minimum absolute atomic E-state index is 0.801. The van der Waals surface area contributed by atoms with Crippen molar-refractivity contribution in [3.8, 4) is 0 Å². The van der Waals surface area contributed by atoms with Crippen molar-refractivity contribution in [1.82, 2.24) is 4.90 Å². The maximum Gasteiger partial charge on any atom is 0.0431 e. The monoisotopic (exact) mass is 275 g/mol. The molecule has 0 aliphatic carbocycles. The summed E-state index contributed by atoms with van der Waals surface area (Å²) in [6, 6.07) is 2.31. The quantitative estimate of drug-likeness (QED) is 0.916. The number of nitrogens with zero attached hydrogens (tertiary/aromatic N) is 2. The Hall–Kier alpha value is -1.06. The van der Waals surface area contributed by atoms with E-state index >= 15 is 0 Å². The fraction of sp³-hybridized carbons (Fsp3) is 0.647. The Kier molecular flexibility index (Phi) is 5.06. The average molecular weight is 275 g/mol. The zero-order chi connectivity index (χ0) is 14.7. The number of aryl methyl sites for hydroxylation is 2. The van der Waals surface area contributed by atoms with Crippen molar-refractivity contribution >= 4 is 5.69 Å². The molecule has 1 aliphatic rings. The molecule has 2 N–H and O–H groups in total. The summed E-state index contributed by atoms with van der Waals surface area (Å²) in [5.74, 6) is 0. The van der Waals surface area contributed by atoms with Crippen LogP contribution in [0.15, 0.2) is 6.07 Å². The summed E-state index contributed by atoms with van der Waals surface area (Å²) in [6.45, 7) is 15.5. The van der Waals surface area contributed by atoms with Crippen molar-refractivity contribution in [3.63, 3.8) is 0 Å². The number of anilines is 1. The Balaban J connectivity index is 2.11. The number of hydrogen-bond donors (Lipinski definition) is 1. The number of benzene rings is 1. The van der Waals surface area contributed by atoms with Crippen LogP contribution in [-0.4, -0.2) is 44.2 Å². The summed E-state index contributed by atoms with van der Waals surface area (Å²) in [5, 5.41) is 0. The number of hydrogen-bond acceptors (Lipinski definition) is 3. The Morgan fingerprint density at radius 1 is 0.950 bits per heavy atom. The smallest absolute Gasteiger partial charge is 0.0431 e.